The lowest BCUT2D eigenvalue weighted by molar-refractivity contribution is 0.0764. The van der Waals surface area contributed by atoms with Crippen LogP contribution in [0.15, 0.2) is 27.6 Å². The number of amides is 1. The highest BCUT2D eigenvalue weighted by molar-refractivity contribution is 7.89. The van der Waals surface area contributed by atoms with Crippen molar-refractivity contribution in [1.82, 2.24) is 19.3 Å². The SMILES string of the molecule is Cc1noc(C)c1S(=O)(=O)N1CCCN(C(=O)c2ccc3[nH]c4c(c3c2)CC(C)CC4)CC1. The Kier molecular flexibility index (Phi) is 5.56. The molecular weight excluding hydrogens is 440 g/mol. The maximum atomic E-state index is 13.4. The second kappa shape index (κ2) is 8.29. The molecule has 0 bridgehead atoms. The summed E-state index contributed by atoms with van der Waals surface area (Å²) in [6.45, 7) is 6.99. The van der Waals surface area contributed by atoms with Crippen molar-refractivity contribution in [2.75, 3.05) is 26.2 Å². The Morgan fingerprint density at radius 3 is 2.76 bits per heavy atom. The number of rotatable bonds is 3. The van der Waals surface area contributed by atoms with E-state index in [0.717, 1.165) is 23.7 Å². The first kappa shape index (κ1) is 22.2. The fourth-order valence-corrected chi connectivity index (χ4v) is 6.98. The van der Waals surface area contributed by atoms with Gasteiger partial charge in [0, 0.05) is 48.3 Å². The molecule has 176 valence electrons. The van der Waals surface area contributed by atoms with Crippen molar-refractivity contribution in [2.24, 2.45) is 5.92 Å². The summed E-state index contributed by atoms with van der Waals surface area (Å²) < 4.78 is 32.9. The van der Waals surface area contributed by atoms with Crippen LogP contribution in [0.4, 0.5) is 0 Å². The molecule has 1 atom stereocenters. The molecule has 8 nitrogen and oxygen atoms in total. The van der Waals surface area contributed by atoms with E-state index in [1.54, 1.807) is 18.7 Å². The van der Waals surface area contributed by atoms with E-state index >= 15 is 0 Å². The Labute approximate surface area is 194 Å². The van der Waals surface area contributed by atoms with Crippen LogP contribution < -0.4 is 0 Å². The van der Waals surface area contributed by atoms with E-state index in [1.807, 2.05) is 18.2 Å². The number of sulfonamides is 1. The molecule has 3 aromatic rings. The van der Waals surface area contributed by atoms with Gasteiger partial charge in [0.05, 0.1) is 0 Å². The van der Waals surface area contributed by atoms with E-state index in [-0.39, 0.29) is 17.3 Å². The molecule has 3 heterocycles. The van der Waals surface area contributed by atoms with Crippen LogP contribution in [0.25, 0.3) is 10.9 Å². The second-order valence-corrected chi connectivity index (χ2v) is 11.3. The van der Waals surface area contributed by atoms with Crippen molar-refractivity contribution in [3.05, 3.63) is 46.5 Å². The fourth-order valence-electron chi connectivity index (χ4n) is 5.22. The minimum atomic E-state index is -3.72. The lowest BCUT2D eigenvalue weighted by atomic mass is 9.87. The van der Waals surface area contributed by atoms with Gasteiger partial charge in [-0.05, 0) is 69.2 Å². The summed E-state index contributed by atoms with van der Waals surface area (Å²) in [6.07, 6.45) is 3.85. The molecule has 5 rings (SSSR count). The molecule has 1 aliphatic heterocycles. The molecule has 1 amide bonds. The Bertz CT molecular complexity index is 1300. The van der Waals surface area contributed by atoms with Gasteiger partial charge in [0.2, 0.25) is 10.0 Å². The monoisotopic (exact) mass is 470 g/mol. The highest BCUT2D eigenvalue weighted by atomic mass is 32.2. The van der Waals surface area contributed by atoms with Gasteiger partial charge in [-0.25, -0.2) is 8.42 Å². The third kappa shape index (κ3) is 3.87. The molecule has 1 saturated heterocycles. The molecule has 2 aromatic heterocycles. The zero-order valence-corrected chi connectivity index (χ0v) is 20.2. The number of carbonyl (C=O) groups is 1. The normalized spacial score (nSPS) is 20.1. The smallest absolute Gasteiger partial charge is 0.253 e. The number of aromatic nitrogens is 2. The van der Waals surface area contributed by atoms with Crippen molar-refractivity contribution in [2.45, 2.75) is 51.3 Å². The van der Waals surface area contributed by atoms with Gasteiger partial charge < -0.3 is 14.4 Å². The summed E-state index contributed by atoms with van der Waals surface area (Å²) in [5.74, 6) is 0.890. The molecule has 33 heavy (non-hydrogen) atoms. The van der Waals surface area contributed by atoms with E-state index in [2.05, 4.69) is 17.1 Å². The largest absolute Gasteiger partial charge is 0.360 e. The highest BCUT2D eigenvalue weighted by Gasteiger charge is 2.33. The van der Waals surface area contributed by atoms with Gasteiger partial charge in [-0.3, -0.25) is 4.79 Å². The maximum absolute atomic E-state index is 13.4. The molecule has 1 aromatic carbocycles. The third-order valence-corrected chi connectivity index (χ3v) is 9.13. The van der Waals surface area contributed by atoms with Crippen LogP contribution in [0.3, 0.4) is 0 Å². The van der Waals surface area contributed by atoms with Crippen LogP contribution in [0.1, 0.15) is 52.8 Å². The zero-order valence-electron chi connectivity index (χ0n) is 19.3. The number of benzene rings is 1. The van der Waals surface area contributed by atoms with Gasteiger partial charge >= 0.3 is 0 Å². The average molecular weight is 471 g/mol. The van der Waals surface area contributed by atoms with Crippen LogP contribution in [-0.4, -0.2) is 59.8 Å². The minimum Gasteiger partial charge on any atom is -0.360 e. The molecule has 1 unspecified atom stereocenters. The summed E-state index contributed by atoms with van der Waals surface area (Å²) in [5.41, 5.74) is 4.73. The molecule has 1 N–H and O–H groups in total. The van der Waals surface area contributed by atoms with E-state index in [1.165, 1.54) is 22.0 Å². The van der Waals surface area contributed by atoms with Crippen molar-refractivity contribution >= 4 is 26.8 Å². The quantitative estimate of drug-likeness (QED) is 0.632. The predicted octanol–water partition coefficient (Wildman–Crippen LogP) is 3.43. The van der Waals surface area contributed by atoms with Gasteiger partial charge in [-0.15, -0.1) is 0 Å². The molecule has 0 saturated carbocycles. The van der Waals surface area contributed by atoms with Crippen LogP contribution >= 0.6 is 0 Å². The van der Waals surface area contributed by atoms with Crippen LogP contribution in [0, 0.1) is 19.8 Å². The number of nitrogens with one attached hydrogen (secondary N) is 1. The van der Waals surface area contributed by atoms with E-state index in [4.69, 9.17) is 4.52 Å². The Balaban J connectivity index is 1.36. The highest BCUT2D eigenvalue weighted by Crippen LogP contribution is 2.32. The Hall–Kier alpha value is -2.65. The van der Waals surface area contributed by atoms with Crippen LogP contribution in [-0.2, 0) is 22.9 Å². The number of hydrogen-bond donors (Lipinski definition) is 1. The van der Waals surface area contributed by atoms with E-state index in [9.17, 15) is 13.2 Å². The van der Waals surface area contributed by atoms with Gasteiger partial charge in [-0.2, -0.15) is 4.31 Å². The van der Waals surface area contributed by atoms with Crippen molar-refractivity contribution in [1.29, 1.82) is 0 Å². The van der Waals surface area contributed by atoms with Gasteiger partial charge in [0.25, 0.3) is 5.91 Å². The molecule has 9 heteroatoms. The zero-order chi connectivity index (χ0) is 23.3. The molecule has 0 radical (unpaired) electrons. The van der Waals surface area contributed by atoms with Gasteiger partial charge in [-0.1, -0.05) is 12.1 Å². The van der Waals surface area contributed by atoms with E-state index in [0.29, 0.717) is 49.0 Å². The first-order valence-electron chi connectivity index (χ1n) is 11.6. The maximum Gasteiger partial charge on any atom is 0.253 e. The summed E-state index contributed by atoms with van der Waals surface area (Å²) in [6, 6.07) is 5.88. The molecular formula is C24H30N4O4S. The van der Waals surface area contributed by atoms with Crippen LogP contribution in [0.2, 0.25) is 0 Å². The summed E-state index contributed by atoms with van der Waals surface area (Å²) in [4.78, 5) is 18.8. The predicted molar refractivity (Wildman–Crippen MR) is 125 cm³/mol. The average Bonchev–Trinajstić information content (AvgIpc) is 3.19. The molecule has 1 fully saturated rings. The van der Waals surface area contributed by atoms with Crippen LogP contribution in [0.5, 0.6) is 0 Å². The number of fused-ring (bicyclic) bond motifs is 3. The van der Waals surface area contributed by atoms with Gasteiger partial charge in [0.1, 0.15) is 10.6 Å². The summed E-state index contributed by atoms with van der Waals surface area (Å²) in [7, 11) is -3.72. The number of nitrogens with zero attached hydrogens (tertiary/aromatic N) is 3. The minimum absolute atomic E-state index is 0.0488. The summed E-state index contributed by atoms with van der Waals surface area (Å²) in [5, 5.41) is 4.93. The molecule has 2 aliphatic rings. The number of aromatic amines is 1. The lowest BCUT2D eigenvalue weighted by Crippen LogP contribution is -2.37. The Morgan fingerprint density at radius 1 is 1.18 bits per heavy atom. The fraction of sp³-hybridized carbons (Fsp3) is 0.500. The summed E-state index contributed by atoms with van der Waals surface area (Å²) >= 11 is 0. The Morgan fingerprint density at radius 2 is 2.00 bits per heavy atom. The second-order valence-electron chi connectivity index (χ2n) is 9.39. The molecule has 1 aliphatic carbocycles. The molecule has 0 spiro atoms. The van der Waals surface area contributed by atoms with Crippen molar-refractivity contribution in [3.8, 4) is 0 Å². The number of H-pyrrole nitrogens is 1. The van der Waals surface area contributed by atoms with Crippen molar-refractivity contribution in [3.63, 3.8) is 0 Å². The lowest BCUT2D eigenvalue weighted by Gasteiger charge is -2.22. The number of carbonyl (C=O) groups excluding carboxylic acids is 1. The first-order valence-corrected chi connectivity index (χ1v) is 13.1. The number of aryl methyl sites for hydroxylation is 3. The third-order valence-electron chi connectivity index (χ3n) is 6.99. The van der Waals surface area contributed by atoms with E-state index < -0.39 is 10.0 Å². The van der Waals surface area contributed by atoms with Crippen molar-refractivity contribution < 1.29 is 17.7 Å². The topological polar surface area (TPSA) is 99.5 Å². The number of hydrogen-bond acceptors (Lipinski definition) is 5. The standard InChI is InChI=1S/C24H30N4O4S/c1-15-5-7-21-19(13-15)20-14-18(6-8-22(20)25-21)24(29)27-9-4-10-28(12-11-27)33(30,31)23-16(2)26-32-17(23)3/h6,8,14-15,25H,4-5,7,9-13H2,1-3H3. The first-order chi connectivity index (χ1) is 15.8. The van der Waals surface area contributed by atoms with Gasteiger partial charge in [0.15, 0.2) is 5.76 Å².